The van der Waals surface area contributed by atoms with Gasteiger partial charge in [0, 0.05) is 0 Å². The molecule has 0 aliphatic heterocycles. The van der Waals surface area contributed by atoms with Crippen molar-refractivity contribution in [2.75, 3.05) is 7.11 Å². The molecule has 0 aromatic rings. The Morgan fingerprint density at radius 2 is 2.22 bits per heavy atom. The summed E-state index contributed by atoms with van der Waals surface area (Å²) in [4.78, 5) is 4.61. The van der Waals surface area contributed by atoms with Crippen molar-refractivity contribution in [1.82, 2.24) is 0 Å². The van der Waals surface area contributed by atoms with E-state index in [1.54, 1.807) is 7.11 Å². The van der Waals surface area contributed by atoms with Gasteiger partial charge < -0.3 is 4.84 Å². The summed E-state index contributed by atoms with van der Waals surface area (Å²) >= 11 is 0. The first kappa shape index (κ1) is 8.47. The molecule has 0 saturated carbocycles. The van der Waals surface area contributed by atoms with E-state index in [1.807, 2.05) is 6.92 Å². The first-order chi connectivity index (χ1) is 4.22. The molecule has 54 valence electrons. The van der Waals surface area contributed by atoms with Crippen LogP contribution in [0.4, 0.5) is 0 Å². The van der Waals surface area contributed by atoms with Gasteiger partial charge in [0.15, 0.2) is 0 Å². The van der Waals surface area contributed by atoms with Crippen molar-refractivity contribution >= 4 is 5.71 Å². The van der Waals surface area contributed by atoms with E-state index < -0.39 is 0 Å². The van der Waals surface area contributed by atoms with Crippen molar-refractivity contribution < 1.29 is 4.84 Å². The van der Waals surface area contributed by atoms with Crippen molar-refractivity contribution in [1.29, 1.82) is 0 Å². The Bertz CT molecular complexity index is 99.1. The van der Waals surface area contributed by atoms with Crippen LogP contribution in [-0.2, 0) is 4.84 Å². The van der Waals surface area contributed by atoms with Crippen LogP contribution in [0.5, 0.6) is 0 Å². The number of rotatable bonds is 3. The highest BCUT2D eigenvalue weighted by molar-refractivity contribution is 5.83. The maximum Gasteiger partial charge on any atom is 0.106 e. The zero-order valence-corrected chi connectivity index (χ0v) is 6.64. The predicted molar refractivity (Wildman–Crippen MR) is 39.6 cm³/mol. The van der Waals surface area contributed by atoms with E-state index in [0.717, 1.165) is 12.1 Å². The average molecular weight is 129 g/mol. The highest BCUT2D eigenvalue weighted by Gasteiger charge is 2.01. The highest BCUT2D eigenvalue weighted by atomic mass is 16.6. The van der Waals surface area contributed by atoms with Gasteiger partial charge in [0.25, 0.3) is 0 Å². The SMILES string of the molecule is CCC(C)/C(C)=N\OC. The van der Waals surface area contributed by atoms with Crippen LogP contribution in [0.1, 0.15) is 27.2 Å². The Balaban J connectivity index is 3.70. The summed E-state index contributed by atoms with van der Waals surface area (Å²) in [5.74, 6) is 0.546. The molecule has 0 saturated heterocycles. The molecule has 1 atom stereocenters. The predicted octanol–water partition coefficient (Wildman–Crippen LogP) is 2.05. The molecule has 2 nitrogen and oxygen atoms in total. The summed E-state index contributed by atoms with van der Waals surface area (Å²) in [6, 6.07) is 0. The normalized spacial score (nSPS) is 15.3. The van der Waals surface area contributed by atoms with E-state index in [1.165, 1.54) is 0 Å². The van der Waals surface area contributed by atoms with Gasteiger partial charge in [-0.25, -0.2) is 0 Å². The maximum atomic E-state index is 4.61. The molecule has 0 radical (unpaired) electrons. The fourth-order valence-electron chi connectivity index (χ4n) is 0.529. The zero-order valence-electron chi connectivity index (χ0n) is 6.64. The van der Waals surface area contributed by atoms with Crippen LogP contribution in [0.15, 0.2) is 5.16 Å². The minimum Gasteiger partial charge on any atom is -0.399 e. The minimum absolute atomic E-state index is 0.546. The Morgan fingerprint density at radius 3 is 2.56 bits per heavy atom. The molecule has 9 heavy (non-hydrogen) atoms. The van der Waals surface area contributed by atoms with Gasteiger partial charge in [-0.3, -0.25) is 0 Å². The van der Waals surface area contributed by atoms with Crippen molar-refractivity contribution in [3.05, 3.63) is 0 Å². The molecule has 0 aromatic carbocycles. The summed E-state index contributed by atoms with van der Waals surface area (Å²) < 4.78 is 0. The van der Waals surface area contributed by atoms with E-state index in [2.05, 4.69) is 23.8 Å². The third-order valence-electron chi connectivity index (χ3n) is 1.56. The second-order valence-electron chi connectivity index (χ2n) is 2.22. The van der Waals surface area contributed by atoms with Crippen LogP contribution in [-0.4, -0.2) is 12.8 Å². The molecule has 0 bridgehead atoms. The molecular formula is C7H15NO. The second-order valence-corrected chi connectivity index (χ2v) is 2.22. The zero-order chi connectivity index (χ0) is 7.28. The third kappa shape index (κ3) is 3.12. The Morgan fingerprint density at radius 1 is 1.67 bits per heavy atom. The monoisotopic (exact) mass is 129 g/mol. The molecule has 0 rings (SSSR count). The molecule has 0 aromatic heterocycles. The van der Waals surface area contributed by atoms with E-state index in [9.17, 15) is 0 Å². The molecule has 0 aliphatic rings. The van der Waals surface area contributed by atoms with Crippen LogP contribution >= 0.6 is 0 Å². The minimum atomic E-state index is 0.546. The molecule has 0 heterocycles. The van der Waals surface area contributed by atoms with Gasteiger partial charge in [0.2, 0.25) is 0 Å². The highest BCUT2D eigenvalue weighted by Crippen LogP contribution is 2.02. The summed E-state index contributed by atoms with van der Waals surface area (Å²) in [6.45, 7) is 6.26. The summed E-state index contributed by atoms with van der Waals surface area (Å²) in [5, 5.41) is 3.81. The first-order valence-electron chi connectivity index (χ1n) is 3.30. The number of hydrogen-bond acceptors (Lipinski definition) is 2. The van der Waals surface area contributed by atoms with E-state index >= 15 is 0 Å². The van der Waals surface area contributed by atoms with Gasteiger partial charge in [0.05, 0.1) is 5.71 Å². The standard InChI is InChI=1S/C7H15NO/c1-5-6(2)7(3)8-9-4/h6H,5H2,1-4H3/b8-7-. The van der Waals surface area contributed by atoms with Crippen molar-refractivity contribution in [3.63, 3.8) is 0 Å². The Hall–Kier alpha value is -0.530. The van der Waals surface area contributed by atoms with Crippen molar-refractivity contribution in [3.8, 4) is 0 Å². The topological polar surface area (TPSA) is 21.6 Å². The third-order valence-corrected chi connectivity index (χ3v) is 1.56. The molecule has 1 unspecified atom stereocenters. The van der Waals surface area contributed by atoms with Gasteiger partial charge in [-0.2, -0.15) is 0 Å². The molecule has 0 spiro atoms. The quantitative estimate of drug-likeness (QED) is 0.422. The molecule has 0 aliphatic carbocycles. The van der Waals surface area contributed by atoms with Crippen LogP contribution in [0, 0.1) is 5.92 Å². The lowest BCUT2D eigenvalue weighted by atomic mass is 10.1. The fraction of sp³-hybridized carbons (Fsp3) is 0.857. The largest absolute Gasteiger partial charge is 0.399 e. The van der Waals surface area contributed by atoms with Crippen LogP contribution in [0.25, 0.3) is 0 Å². The Labute approximate surface area is 56.9 Å². The number of hydrogen-bond donors (Lipinski definition) is 0. The van der Waals surface area contributed by atoms with E-state index in [-0.39, 0.29) is 0 Å². The Kier molecular flexibility index (Phi) is 4.10. The van der Waals surface area contributed by atoms with E-state index in [4.69, 9.17) is 0 Å². The first-order valence-corrected chi connectivity index (χ1v) is 3.30. The van der Waals surface area contributed by atoms with Gasteiger partial charge in [-0.1, -0.05) is 19.0 Å². The van der Waals surface area contributed by atoms with Crippen LogP contribution in [0.3, 0.4) is 0 Å². The molecular weight excluding hydrogens is 114 g/mol. The van der Waals surface area contributed by atoms with Gasteiger partial charge >= 0.3 is 0 Å². The molecule has 2 heteroatoms. The smallest absolute Gasteiger partial charge is 0.106 e. The van der Waals surface area contributed by atoms with Gasteiger partial charge in [-0.05, 0) is 19.3 Å². The second kappa shape index (κ2) is 4.36. The van der Waals surface area contributed by atoms with Crippen molar-refractivity contribution in [2.24, 2.45) is 11.1 Å². The molecule has 0 amide bonds. The summed E-state index contributed by atoms with van der Waals surface area (Å²) in [7, 11) is 1.58. The summed E-state index contributed by atoms with van der Waals surface area (Å²) in [6.07, 6.45) is 1.12. The molecule has 0 N–H and O–H groups in total. The van der Waals surface area contributed by atoms with Crippen LogP contribution in [0.2, 0.25) is 0 Å². The van der Waals surface area contributed by atoms with Gasteiger partial charge in [0.1, 0.15) is 7.11 Å². The lowest BCUT2D eigenvalue weighted by Crippen LogP contribution is -2.05. The summed E-state index contributed by atoms with van der Waals surface area (Å²) in [5.41, 5.74) is 1.07. The molecule has 0 fully saturated rings. The van der Waals surface area contributed by atoms with Crippen molar-refractivity contribution in [2.45, 2.75) is 27.2 Å². The maximum absolute atomic E-state index is 4.61. The van der Waals surface area contributed by atoms with E-state index in [0.29, 0.717) is 5.92 Å². The lowest BCUT2D eigenvalue weighted by molar-refractivity contribution is 0.211. The number of nitrogens with zero attached hydrogens (tertiary/aromatic N) is 1. The van der Waals surface area contributed by atoms with Crippen LogP contribution < -0.4 is 0 Å². The lowest BCUT2D eigenvalue weighted by Gasteiger charge is -2.04. The van der Waals surface area contributed by atoms with Gasteiger partial charge in [-0.15, -0.1) is 0 Å². The average Bonchev–Trinajstić information content (AvgIpc) is 1.87. The fourth-order valence-corrected chi connectivity index (χ4v) is 0.529. The number of oxime groups is 1.